The van der Waals surface area contributed by atoms with E-state index in [2.05, 4.69) is 12.1 Å². The predicted molar refractivity (Wildman–Crippen MR) is 139 cm³/mol. The maximum atomic E-state index is 11.4. The second-order valence-corrected chi connectivity index (χ2v) is 10.2. The second-order valence-electron chi connectivity index (χ2n) is 9.08. The molecule has 0 bridgehead atoms. The minimum Gasteiger partial charge on any atom is -0.493 e. The number of hydrogen-bond donors (Lipinski definition) is 1. The number of nitrogens with zero attached hydrogens (tertiary/aromatic N) is 2. The lowest BCUT2D eigenvalue weighted by molar-refractivity contribution is -0.140. The summed E-state index contributed by atoms with van der Waals surface area (Å²) in [5.74, 6) is 0.775. The van der Waals surface area contributed by atoms with Crippen molar-refractivity contribution in [2.75, 3.05) is 13.2 Å². The maximum absolute atomic E-state index is 11.4. The van der Waals surface area contributed by atoms with Crippen LogP contribution in [0.4, 0.5) is 0 Å². The molecule has 0 fully saturated rings. The van der Waals surface area contributed by atoms with Gasteiger partial charge in [-0.15, -0.1) is 11.3 Å². The number of aliphatic carboxylic acids is 1. The number of aryl methyl sites for hydroxylation is 3. The zero-order chi connectivity index (χ0) is 24.4. The molecule has 0 amide bonds. The van der Waals surface area contributed by atoms with Crippen molar-refractivity contribution >= 4 is 28.2 Å². The molecule has 4 aromatic rings. The summed E-state index contributed by atoms with van der Waals surface area (Å²) in [6.45, 7) is 4.78. The van der Waals surface area contributed by atoms with Crippen LogP contribution in [0.2, 0.25) is 0 Å². The maximum Gasteiger partial charge on any atom is 0.326 e. The summed E-state index contributed by atoms with van der Waals surface area (Å²) in [5.41, 5.74) is 4.37. The first-order chi connectivity index (χ1) is 17.0. The number of benzene rings is 2. The van der Waals surface area contributed by atoms with E-state index < -0.39 is 12.0 Å². The van der Waals surface area contributed by atoms with E-state index in [4.69, 9.17) is 14.5 Å². The van der Waals surface area contributed by atoms with Gasteiger partial charge in [0, 0.05) is 34.0 Å². The number of rotatable bonds is 9. The van der Waals surface area contributed by atoms with Gasteiger partial charge in [-0.25, -0.2) is 9.78 Å². The summed E-state index contributed by atoms with van der Waals surface area (Å²) in [5, 5.41) is 11.5. The summed E-state index contributed by atoms with van der Waals surface area (Å²) < 4.78 is 13.6. The van der Waals surface area contributed by atoms with E-state index in [0.717, 1.165) is 51.4 Å². The van der Waals surface area contributed by atoms with Crippen LogP contribution in [-0.2, 0) is 17.6 Å². The number of thiazole rings is 1. The second kappa shape index (κ2) is 10.1. The molecule has 2 heterocycles. The van der Waals surface area contributed by atoms with E-state index in [1.165, 1.54) is 29.8 Å². The Morgan fingerprint density at radius 1 is 1.09 bits per heavy atom. The highest BCUT2D eigenvalue weighted by Gasteiger charge is 2.18. The van der Waals surface area contributed by atoms with E-state index in [0.29, 0.717) is 13.2 Å². The first kappa shape index (κ1) is 23.4. The topological polar surface area (TPSA) is 73.6 Å². The Morgan fingerprint density at radius 2 is 1.80 bits per heavy atom. The Morgan fingerprint density at radius 3 is 2.54 bits per heavy atom. The van der Waals surface area contributed by atoms with Crippen molar-refractivity contribution in [2.24, 2.45) is 0 Å². The van der Waals surface area contributed by atoms with Crippen molar-refractivity contribution < 1.29 is 19.4 Å². The number of carboxylic acids is 1. The van der Waals surface area contributed by atoms with Crippen LogP contribution in [0.3, 0.4) is 0 Å². The third kappa shape index (κ3) is 5.05. The molecule has 1 aliphatic carbocycles. The lowest BCUT2D eigenvalue weighted by atomic mass is 10.0. The number of aromatic nitrogens is 2. The third-order valence-electron chi connectivity index (χ3n) is 6.55. The van der Waals surface area contributed by atoms with Gasteiger partial charge in [-0.1, -0.05) is 0 Å². The minimum absolute atomic E-state index is 0.541. The van der Waals surface area contributed by atoms with E-state index >= 15 is 0 Å². The molecule has 0 spiro atoms. The van der Waals surface area contributed by atoms with Crippen molar-refractivity contribution in [2.45, 2.75) is 52.0 Å². The molecular weight excluding hydrogens is 460 g/mol. The van der Waals surface area contributed by atoms with Crippen LogP contribution in [0.15, 0.2) is 48.7 Å². The number of carbonyl (C=O) groups is 1. The number of fused-ring (bicyclic) bond motifs is 2. The number of carboxylic acid groups (broad SMARTS) is 1. The van der Waals surface area contributed by atoms with Crippen LogP contribution in [0.25, 0.3) is 21.5 Å². The van der Waals surface area contributed by atoms with Crippen molar-refractivity contribution in [3.8, 4) is 22.1 Å². The molecule has 0 aliphatic heterocycles. The molecule has 35 heavy (non-hydrogen) atoms. The smallest absolute Gasteiger partial charge is 0.326 e. The standard InChI is InChI=1S/C28H30N2O4S/c1-18-17-30(19(2)28(31)32)25-13-12-22(16-23(18)25)34-15-5-14-33-21-10-8-20(9-11-21)27-29-24-6-3-4-7-26(24)35-27/h8-13,16-17,19H,3-7,14-15H2,1-2H3,(H,31,32). The summed E-state index contributed by atoms with van der Waals surface area (Å²) in [6.07, 6.45) is 7.45. The van der Waals surface area contributed by atoms with Crippen LogP contribution >= 0.6 is 11.3 Å². The zero-order valence-electron chi connectivity index (χ0n) is 20.1. The quantitative estimate of drug-likeness (QED) is 0.273. The van der Waals surface area contributed by atoms with Crippen molar-refractivity contribution in [3.63, 3.8) is 0 Å². The third-order valence-corrected chi connectivity index (χ3v) is 7.76. The molecule has 1 unspecified atom stereocenters. The molecule has 5 rings (SSSR count). The molecule has 6 nitrogen and oxygen atoms in total. The van der Waals surface area contributed by atoms with E-state index in [9.17, 15) is 9.90 Å². The number of hydrogen-bond acceptors (Lipinski definition) is 5. The van der Waals surface area contributed by atoms with Gasteiger partial charge in [-0.3, -0.25) is 0 Å². The molecule has 1 N–H and O–H groups in total. The van der Waals surface area contributed by atoms with Gasteiger partial charge in [0.15, 0.2) is 0 Å². The highest BCUT2D eigenvalue weighted by molar-refractivity contribution is 7.15. The molecule has 0 saturated carbocycles. The van der Waals surface area contributed by atoms with Gasteiger partial charge in [0.1, 0.15) is 22.5 Å². The fraction of sp³-hybridized carbons (Fsp3) is 0.357. The molecule has 182 valence electrons. The Kier molecular flexibility index (Phi) is 6.77. The van der Waals surface area contributed by atoms with Gasteiger partial charge in [0.2, 0.25) is 0 Å². The fourth-order valence-electron chi connectivity index (χ4n) is 4.54. The lowest BCUT2D eigenvalue weighted by Gasteiger charge is -2.11. The molecule has 7 heteroatoms. The lowest BCUT2D eigenvalue weighted by Crippen LogP contribution is -2.14. The highest BCUT2D eigenvalue weighted by atomic mass is 32.1. The summed E-state index contributed by atoms with van der Waals surface area (Å²) in [4.78, 5) is 17.7. The Balaban J connectivity index is 1.12. The van der Waals surface area contributed by atoms with Gasteiger partial charge in [-0.2, -0.15) is 0 Å². The van der Waals surface area contributed by atoms with Gasteiger partial charge in [0.25, 0.3) is 0 Å². The Labute approximate surface area is 209 Å². The first-order valence-electron chi connectivity index (χ1n) is 12.2. The van der Waals surface area contributed by atoms with Crippen LogP contribution in [0.1, 0.15) is 48.4 Å². The van der Waals surface area contributed by atoms with Crippen molar-refractivity contribution in [3.05, 3.63) is 64.8 Å². The van der Waals surface area contributed by atoms with Crippen molar-refractivity contribution in [1.82, 2.24) is 9.55 Å². The number of ether oxygens (including phenoxy) is 2. The fourth-order valence-corrected chi connectivity index (χ4v) is 5.70. The van der Waals surface area contributed by atoms with Gasteiger partial charge in [0.05, 0.1) is 18.9 Å². The molecule has 2 aromatic heterocycles. The zero-order valence-corrected chi connectivity index (χ0v) is 20.9. The van der Waals surface area contributed by atoms with Crippen LogP contribution in [-0.4, -0.2) is 33.8 Å². The molecule has 2 aromatic carbocycles. The van der Waals surface area contributed by atoms with Gasteiger partial charge in [-0.05, 0) is 87.6 Å². The Hall–Kier alpha value is -3.32. The monoisotopic (exact) mass is 490 g/mol. The highest BCUT2D eigenvalue weighted by Crippen LogP contribution is 2.33. The molecule has 1 aliphatic rings. The predicted octanol–water partition coefficient (Wildman–Crippen LogP) is 6.45. The normalized spacial score (nSPS) is 14.0. The summed E-state index contributed by atoms with van der Waals surface area (Å²) in [6, 6.07) is 13.4. The Bertz CT molecular complexity index is 1320. The molecule has 0 saturated heterocycles. The van der Waals surface area contributed by atoms with E-state index in [1.807, 2.05) is 54.8 Å². The van der Waals surface area contributed by atoms with Crippen LogP contribution in [0.5, 0.6) is 11.5 Å². The van der Waals surface area contributed by atoms with E-state index in [-0.39, 0.29) is 0 Å². The van der Waals surface area contributed by atoms with Crippen LogP contribution in [0, 0.1) is 6.92 Å². The molecule has 0 radical (unpaired) electrons. The minimum atomic E-state index is -0.848. The van der Waals surface area contributed by atoms with Crippen molar-refractivity contribution in [1.29, 1.82) is 0 Å². The molecule has 1 atom stereocenters. The SMILES string of the molecule is Cc1cn(C(C)C(=O)O)c2ccc(OCCCOc3ccc(-c4nc5c(s4)CCCC5)cc3)cc12. The average Bonchev–Trinajstić information content (AvgIpc) is 3.45. The largest absolute Gasteiger partial charge is 0.493 e. The van der Waals surface area contributed by atoms with E-state index in [1.54, 1.807) is 11.5 Å². The van der Waals surface area contributed by atoms with Gasteiger partial charge < -0.3 is 19.1 Å². The summed E-state index contributed by atoms with van der Waals surface area (Å²) >= 11 is 1.83. The van der Waals surface area contributed by atoms with Gasteiger partial charge >= 0.3 is 5.97 Å². The average molecular weight is 491 g/mol. The summed E-state index contributed by atoms with van der Waals surface area (Å²) in [7, 11) is 0. The molecular formula is C28H30N2O4S. The van der Waals surface area contributed by atoms with Crippen LogP contribution < -0.4 is 9.47 Å². The first-order valence-corrected chi connectivity index (χ1v) is 13.0.